The number of likely N-dealkylation sites (tertiary alicyclic amines) is 1. The number of nitrogens with one attached hydrogen (secondary N) is 1. The van der Waals surface area contributed by atoms with Crippen LogP contribution in [0.5, 0.6) is 0 Å². The third-order valence-electron chi connectivity index (χ3n) is 5.04. The van der Waals surface area contributed by atoms with Crippen molar-refractivity contribution in [1.29, 1.82) is 0 Å². The highest BCUT2D eigenvalue weighted by molar-refractivity contribution is 4.80. The lowest BCUT2D eigenvalue weighted by Gasteiger charge is -2.34. The van der Waals surface area contributed by atoms with Crippen LogP contribution >= 0.6 is 0 Å². The normalized spacial score (nSPS) is 31.3. The molecule has 2 nitrogen and oxygen atoms in total. The average molecular weight is 266 g/mol. The number of piperidine rings is 1. The minimum Gasteiger partial charge on any atom is -0.310 e. The molecule has 1 aliphatic carbocycles. The predicted octanol–water partition coefficient (Wildman–Crippen LogP) is 3.81. The van der Waals surface area contributed by atoms with E-state index in [0.29, 0.717) is 6.04 Å². The summed E-state index contributed by atoms with van der Waals surface area (Å²) in [6.07, 6.45) is 12.8. The molecule has 2 aliphatic rings. The van der Waals surface area contributed by atoms with E-state index < -0.39 is 0 Å². The lowest BCUT2D eigenvalue weighted by atomic mass is 9.83. The van der Waals surface area contributed by atoms with E-state index in [4.69, 9.17) is 0 Å². The first-order chi connectivity index (χ1) is 9.28. The van der Waals surface area contributed by atoms with Crippen molar-refractivity contribution in [3.05, 3.63) is 0 Å². The molecule has 1 N–H and O–H groups in total. The monoisotopic (exact) mass is 266 g/mol. The summed E-state index contributed by atoms with van der Waals surface area (Å²) in [6.45, 7) is 8.62. The van der Waals surface area contributed by atoms with Gasteiger partial charge in [0.15, 0.2) is 0 Å². The van der Waals surface area contributed by atoms with Gasteiger partial charge in [0.25, 0.3) is 0 Å². The molecular formula is C17H34N2. The standard InChI is InChI=1S/C17H34N2/c1-3-7-16-8-10-17(11-9-16)18-15(2)14-19-12-5-4-6-13-19/h15-18H,3-14H2,1-2H3. The van der Waals surface area contributed by atoms with Crippen molar-refractivity contribution in [1.82, 2.24) is 10.2 Å². The zero-order valence-electron chi connectivity index (χ0n) is 13.2. The molecular weight excluding hydrogens is 232 g/mol. The van der Waals surface area contributed by atoms with E-state index in [-0.39, 0.29) is 0 Å². The van der Waals surface area contributed by atoms with Crippen molar-refractivity contribution in [2.45, 2.75) is 83.7 Å². The van der Waals surface area contributed by atoms with E-state index in [1.165, 1.54) is 77.4 Å². The summed E-state index contributed by atoms with van der Waals surface area (Å²) in [5.74, 6) is 1.03. The summed E-state index contributed by atoms with van der Waals surface area (Å²) in [4.78, 5) is 2.66. The molecule has 0 radical (unpaired) electrons. The second-order valence-corrected chi connectivity index (χ2v) is 6.94. The summed E-state index contributed by atoms with van der Waals surface area (Å²) >= 11 is 0. The Hall–Kier alpha value is -0.0800. The average Bonchev–Trinajstić information content (AvgIpc) is 2.42. The number of hydrogen-bond donors (Lipinski definition) is 1. The lowest BCUT2D eigenvalue weighted by Crippen LogP contribution is -2.46. The van der Waals surface area contributed by atoms with Crippen LogP contribution in [0.2, 0.25) is 0 Å². The Morgan fingerprint density at radius 2 is 1.74 bits per heavy atom. The Morgan fingerprint density at radius 1 is 1.05 bits per heavy atom. The summed E-state index contributed by atoms with van der Waals surface area (Å²) < 4.78 is 0. The lowest BCUT2D eigenvalue weighted by molar-refractivity contribution is 0.192. The number of nitrogens with zero attached hydrogens (tertiary/aromatic N) is 1. The van der Waals surface area contributed by atoms with Crippen LogP contribution in [0, 0.1) is 5.92 Å². The molecule has 0 aromatic heterocycles. The van der Waals surface area contributed by atoms with Crippen LogP contribution in [-0.2, 0) is 0 Å². The molecule has 0 aromatic carbocycles. The van der Waals surface area contributed by atoms with Gasteiger partial charge in [0.05, 0.1) is 0 Å². The highest BCUT2D eigenvalue weighted by atomic mass is 15.2. The number of hydrogen-bond acceptors (Lipinski definition) is 2. The van der Waals surface area contributed by atoms with Gasteiger partial charge in [-0.2, -0.15) is 0 Å². The van der Waals surface area contributed by atoms with Gasteiger partial charge in [-0.1, -0.05) is 26.2 Å². The van der Waals surface area contributed by atoms with Crippen molar-refractivity contribution in [3.8, 4) is 0 Å². The smallest absolute Gasteiger partial charge is 0.0169 e. The van der Waals surface area contributed by atoms with Crippen LogP contribution < -0.4 is 5.32 Å². The number of rotatable bonds is 6. The quantitative estimate of drug-likeness (QED) is 0.786. The highest BCUT2D eigenvalue weighted by Gasteiger charge is 2.22. The fourth-order valence-corrected chi connectivity index (χ4v) is 4.01. The van der Waals surface area contributed by atoms with Crippen LogP contribution in [0.3, 0.4) is 0 Å². The maximum atomic E-state index is 3.89. The van der Waals surface area contributed by atoms with Crippen molar-refractivity contribution in [2.75, 3.05) is 19.6 Å². The molecule has 0 amide bonds. The summed E-state index contributed by atoms with van der Waals surface area (Å²) in [6, 6.07) is 1.47. The van der Waals surface area contributed by atoms with E-state index in [1.807, 2.05) is 0 Å². The molecule has 0 spiro atoms. The Kier molecular flexibility index (Phi) is 6.66. The second kappa shape index (κ2) is 8.26. The summed E-state index contributed by atoms with van der Waals surface area (Å²) in [7, 11) is 0. The zero-order valence-corrected chi connectivity index (χ0v) is 13.2. The molecule has 1 aliphatic heterocycles. The Labute approximate surface area is 120 Å². The van der Waals surface area contributed by atoms with Gasteiger partial charge in [-0.15, -0.1) is 0 Å². The molecule has 0 aromatic rings. The molecule has 1 atom stereocenters. The molecule has 1 unspecified atom stereocenters. The first kappa shape index (κ1) is 15.3. The predicted molar refractivity (Wildman–Crippen MR) is 83.5 cm³/mol. The molecule has 1 saturated heterocycles. The highest BCUT2D eigenvalue weighted by Crippen LogP contribution is 2.27. The minimum atomic E-state index is 0.672. The third-order valence-corrected chi connectivity index (χ3v) is 5.04. The van der Waals surface area contributed by atoms with Crippen molar-refractivity contribution in [2.24, 2.45) is 5.92 Å². The Morgan fingerprint density at radius 3 is 2.37 bits per heavy atom. The molecule has 112 valence electrons. The topological polar surface area (TPSA) is 15.3 Å². The van der Waals surface area contributed by atoms with Gasteiger partial charge in [0, 0.05) is 18.6 Å². The molecule has 2 heteroatoms. The van der Waals surface area contributed by atoms with Gasteiger partial charge < -0.3 is 10.2 Å². The fourth-order valence-electron chi connectivity index (χ4n) is 4.01. The SMILES string of the molecule is CCCC1CCC(NC(C)CN2CCCCC2)CC1. The van der Waals surface area contributed by atoms with Crippen LogP contribution in [-0.4, -0.2) is 36.6 Å². The second-order valence-electron chi connectivity index (χ2n) is 6.94. The van der Waals surface area contributed by atoms with Gasteiger partial charge >= 0.3 is 0 Å². The van der Waals surface area contributed by atoms with Crippen LogP contribution in [0.4, 0.5) is 0 Å². The van der Waals surface area contributed by atoms with Gasteiger partial charge in [-0.3, -0.25) is 0 Å². The van der Waals surface area contributed by atoms with Gasteiger partial charge in [-0.05, 0) is 64.5 Å². The molecule has 0 bridgehead atoms. The largest absolute Gasteiger partial charge is 0.310 e. The van der Waals surface area contributed by atoms with E-state index in [0.717, 1.165) is 12.0 Å². The molecule has 2 rings (SSSR count). The zero-order chi connectivity index (χ0) is 13.5. The van der Waals surface area contributed by atoms with Crippen LogP contribution in [0.15, 0.2) is 0 Å². The van der Waals surface area contributed by atoms with E-state index in [9.17, 15) is 0 Å². The van der Waals surface area contributed by atoms with Gasteiger partial charge in [0.2, 0.25) is 0 Å². The van der Waals surface area contributed by atoms with E-state index in [2.05, 4.69) is 24.1 Å². The van der Waals surface area contributed by atoms with Crippen molar-refractivity contribution >= 4 is 0 Å². The third kappa shape index (κ3) is 5.43. The van der Waals surface area contributed by atoms with Crippen LogP contribution in [0.1, 0.15) is 71.6 Å². The van der Waals surface area contributed by atoms with Crippen LogP contribution in [0.25, 0.3) is 0 Å². The maximum absolute atomic E-state index is 3.89. The Balaban J connectivity index is 1.61. The molecule has 19 heavy (non-hydrogen) atoms. The molecule has 1 saturated carbocycles. The fraction of sp³-hybridized carbons (Fsp3) is 1.00. The maximum Gasteiger partial charge on any atom is 0.0169 e. The summed E-state index contributed by atoms with van der Waals surface area (Å²) in [5.41, 5.74) is 0. The van der Waals surface area contributed by atoms with Gasteiger partial charge in [-0.25, -0.2) is 0 Å². The molecule has 2 fully saturated rings. The molecule has 1 heterocycles. The summed E-state index contributed by atoms with van der Waals surface area (Å²) in [5, 5.41) is 3.89. The minimum absolute atomic E-state index is 0.672. The van der Waals surface area contributed by atoms with E-state index >= 15 is 0 Å². The van der Waals surface area contributed by atoms with Crippen molar-refractivity contribution in [3.63, 3.8) is 0 Å². The van der Waals surface area contributed by atoms with Crippen molar-refractivity contribution < 1.29 is 0 Å². The first-order valence-electron chi connectivity index (χ1n) is 8.76. The Bertz CT molecular complexity index is 227. The van der Waals surface area contributed by atoms with Gasteiger partial charge in [0.1, 0.15) is 0 Å². The van der Waals surface area contributed by atoms with E-state index in [1.54, 1.807) is 0 Å². The first-order valence-corrected chi connectivity index (χ1v) is 8.76.